The van der Waals surface area contributed by atoms with Gasteiger partial charge in [0.05, 0.1) is 44.2 Å². The fourth-order valence-corrected chi connectivity index (χ4v) is 5.23. The number of para-hydroxylation sites is 4. The summed E-state index contributed by atoms with van der Waals surface area (Å²) in [6.45, 7) is 1.45. The van der Waals surface area contributed by atoms with E-state index in [1.54, 1.807) is 72.8 Å². The lowest BCUT2D eigenvalue weighted by Gasteiger charge is -2.44. The first-order valence-corrected chi connectivity index (χ1v) is 12.5. The van der Waals surface area contributed by atoms with Gasteiger partial charge < -0.3 is 30.0 Å². The van der Waals surface area contributed by atoms with Crippen molar-refractivity contribution in [2.45, 2.75) is 24.9 Å². The average Bonchev–Trinajstić information content (AvgIpc) is 2.92. The van der Waals surface area contributed by atoms with Gasteiger partial charge in [-0.05, 0) is 48.9 Å². The minimum Gasteiger partial charge on any atom is -0.497 e. The Labute approximate surface area is 227 Å². The number of hydrogen-bond acceptors (Lipinski definition) is 7. The molecule has 3 N–H and O–H groups in total. The number of anilines is 2. The Kier molecular flexibility index (Phi) is 8.21. The maximum atomic E-state index is 13.9. The van der Waals surface area contributed by atoms with E-state index < -0.39 is 41.0 Å². The lowest BCUT2D eigenvalue weighted by molar-refractivity contribution is -0.150. The number of carbonyl (C=O) groups excluding carboxylic acids is 3. The summed E-state index contributed by atoms with van der Waals surface area (Å²) in [5.41, 5.74) is -0.418. The minimum absolute atomic E-state index is 0.381. The maximum Gasteiger partial charge on any atom is 0.235 e. The highest BCUT2D eigenvalue weighted by Crippen LogP contribution is 2.47. The van der Waals surface area contributed by atoms with Crippen LogP contribution in [0.5, 0.6) is 17.2 Å². The Morgan fingerprint density at radius 3 is 1.82 bits per heavy atom. The molecule has 3 aromatic carbocycles. The van der Waals surface area contributed by atoms with Crippen LogP contribution in [0.15, 0.2) is 72.8 Å². The topological polar surface area (TPSA) is 123 Å². The van der Waals surface area contributed by atoms with Crippen LogP contribution in [0.1, 0.15) is 24.8 Å². The molecule has 1 saturated carbocycles. The molecule has 204 valence electrons. The highest BCUT2D eigenvalue weighted by atomic mass is 16.5. The van der Waals surface area contributed by atoms with E-state index >= 15 is 0 Å². The molecule has 4 unspecified atom stereocenters. The van der Waals surface area contributed by atoms with Crippen molar-refractivity contribution in [1.29, 1.82) is 0 Å². The summed E-state index contributed by atoms with van der Waals surface area (Å²) in [5.74, 6) is -3.62. The van der Waals surface area contributed by atoms with Gasteiger partial charge in [-0.3, -0.25) is 14.4 Å². The van der Waals surface area contributed by atoms with Gasteiger partial charge in [-0.2, -0.15) is 0 Å². The molecule has 1 fully saturated rings. The minimum atomic E-state index is -1.74. The molecule has 0 radical (unpaired) electrons. The van der Waals surface area contributed by atoms with Gasteiger partial charge in [0, 0.05) is 12.3 Å². The van der Waals surface area contributed by atoms with Gasteiger partial charge >= 0.3 is 0 Å². The number of rotatable bonds is 8. The van der Waals surface area contributed by atoms with E-state index in [0.29, 0.717) is 34.2 Å². The van der Waals surface area contributed by atoms with Crippen LogP contribution < -0.4 is 24.8 Å². The van der Waals surface area contributed by atoms with Crippen molar-refractivity contribution >= 4 is 29.0 Å². The molecular formula is C30H32N2O7. The van der Waals surface area contributed by atoms with E-state index in [4.69, 9.17) is 14.2 Å². The second kappa shape index (κ2) is 11.6. The summed E-state index contributed by atoms with van der Waals surface area (Å²) < 4.78 is 16.0. The number of ether oxygens (including phenoxy) is 3. The number of carbonyl (C=O) groups is 3. The molecule has 1 aliphatic rings. The summed E-state index contributed by atoms with van der Waals surface area (Å²) in [5, 5.41) is 17.1. The van der Waals surface area contributed by atoms with Gasteiger partial charge in [0.2, 0.25) is 11.8 Å². The molecule has 0 spiro atoms. The largest absolute Gasteiger partial charge is 0.497 e. The van der Waals surface area contributed by atoms with E-state index in [2.05, 4.69) is 10.6 Å². The zero-order chi connectivity index (χ0) is 28.2. The Balaban J connectivity index is 1.79. The summed E-state index contributed by atoms with van der Waals surface area (Å²) in [6.07, 6.45) is -0.381. The number of hydrogen-bond donors (Lipinski definition) is 3. The fourth-order valence-electron chi connectivity index (χ4n) is 5.23. The third-order valence-electron chi connectivity index (χ3n) is 7.06. The van der Waals surface area contributed by atoms with Gasteiger partial charge in [0.25, 0.3) is 0 Å². The van der Waals surface area contributed by atoms with Crippen LogP contribution in [0.2, 0.25) is 0 Å². The molecule has 4 rings (SSSR count). The van der Waals surface area contributed by atoms with Crippen molar-refractivity contribution < 1.29 is 33.7 Å². The quantitative estimate of drug-likeness (QED) is 0.374. The van der Waals surface area contributed by atoms with Crippen molar-refractivity contribution in [3.05, 3.63) is 78.4 Å². The Morgan fingerprint density at radius 1 is 0.795 bits per heavy atom. The van der Waals surface area contributed by atoms with E-state index in [9.17, 15) is 19.5 Å². The zero-order valence-electron chi connectivity index (χ0n) is 22.3. The smallest absolute Gasteiger partial charge is 0.235 e. The summed E-state index contributed by atoms with van der Waals surface area (Å²) in [6, 6.07) is 20.5. The van der Waals surface area contributed by atoms with Crippen molar-refractivity contribution in [2.75, 3.05) is 32.0 Å². The van der Waals surface area contributed by atoms with Crippen LogP contribution in [0.25, 0.3) is 0 Å². The molecule has 0 heterocycles. The number of aliphatic hydroxyl groups is 1. The average molecular weight is 533 g/mol. The Bertz CT molecular complexity index is 1350. The Hall–Kier alpha value is -4.37. The molecule has 39 heavy (non-hydrogen) atoms. The molecule has 2 amide bonds. The number of Topliss-reactive ketones (excluding diaryl/α,β-unsaturated/α-hetero) is 1. The summed E-state index contributed by atoms with van der Waals surface area (Å²) in [4.78, 5) is 41.1. The van der Waals surface area contributed by atoms with Crippen LogP contribution in [-0.2, 0) is 14.4 Å². The van der Waals surface area contributed by atoms with E-state index in [1.165, 1.54) is 28.3 Å². The molecular weight excluding hydrogens is 500 g/mol. The van der Waals surface area contributed by atoms with Crippen molar-refractivity contribution in [2.24, 2.45) is 11.8 Å². The summed E-state index contributed by atoms with van der Waals surface area (Å²) >= 11 is 0. The number of amides is 2. The van der Waals surface area contributed by atoms with Crippen molar-refractivity contribution in [3.8, 4) is 17.2 Å². The van der Waals surface area contributed by atoms with Crippen LogP contribution in [-0.4, -0.2) is 49.6 Å². The normalized spacial score (nSPS) is 22.5. The molecule has 0 saturated heterocycles. The van der Waals surface area contributed by atoms with Gasteiger partial charge in [-0.1, -0.05) is 36.4 Å². The Morgan fingerprint density at radius 2 is 1.31 bits per heavy atom. The number of benzene rings is 3. The summed E-state index contributed by atoms with van der Waals surface area (Å²) in [7, 11) is 4.49. The van der Waals surface area contributed by atoms with E-state index in [-0.39, 0.29) is 6.42 Å². The number of methoxy groups -OCH3 is 3. The maximum absolute atomic E-state index is 13.9. The first-order chi connectivity index (χ1) is 18.7. The van der Waals surface area contributed by atoms with E-state index in [0.717, 1.165) is 0 Å². The van der Waals surface area contributed by atoms with Gasteiger partial charge in [0.1, 0.15) is 28.9 Å². The lowest BCUT2D eigenvalue weighted by Crippen LogP contribution is -2.56. The third kappa shape index (κ3) is 5.73. The monoisotopic (exact) mass is 532 g/mol. The molecule has 4 atom stereocenters. The van der Waals surface area contributed by atoms with Gasteiger partial charge in [-0.25, -0.2) is 0 Å². The van der Waals surface area contributed by atoms with Crippen LogP contribution in [0, 0.1) is 11.8 Å². The highest BCUT2D eigenvalue weighted by molar-refractivity contribution is 6.11. The van der Waals surface area contributed by atoms with Gasteiger partial charge in [-0.15, -0.1) is 0 Å². The van der Waals surface area contributed by atoms with Crippen LogP contribution >= 0.6 is 0 Å². The molecule has 0 bridgehead atoms. The predicted octanol–water partition coefficient (Wildman–Crippen LogP) is 4.03. The molecule has 9 heteroatoms. The first-order valence-electron chi connectivity index (χ1n) is 12.5. The van der Waals surface area contributed by atoms with Gasteiger partial charge in [0.15, 0.2) is 0 Å². The second-order valence-corrected chi connectivity index (χ2v) is 9.63. The van der Waals surface area contributed by atoms with E-state index in [1.807, 2.05) is 0 Å². The van der Waals surface area contributed by atoms with Crippen molar-refractivity contribution in [1.82, 2.24) is 0 Å². The number of nitrogens with one attached hydrogen (secondary N) is 2. The molecule has 9 nitrogen and oxygen atoms in total. The standard InChI is InChI=1S/C30H32N2O7/c1-30(36)17-22(33)26(28(34)31-20-9-5-7-11-23(20)38-3)25(18-13-15-19(37-2)16-14-18)27(30)29(35)32-21-10-6-8-12-24(21)39-4/h5-16,25-27,36H,17H2,1-4H3,(H,31,34)(H,32,35). The first kappa shape index (κ1) is 27.7. The van der Waals surface area contributed by atoms with Crippen LogP contribution in [0.4, 0.5) is 11.4 Å². The molecule has 0 aliphatic heterocycles. The molecule has 3 aromatic rings. The number of ketones is 1. The van der Waals surface area contributed by atoms with Crippen molar-refractivity contribution in [3.63, 3.8) is 0 Å². The molecule has 0 aromatic heterocycles. The second-order valence-electron chi connectivity index (χ2n) is 9.63. The third-order valence-corrected chi connectivity index (χ3v) is 7.06. The fraction of sp³-hybridized carbons (Fsp3) is 0.300. The highest BCUT2D eigenvalue weighted by Gasteiger charge is 2.56. The van der Waals surface area contributed by atoms with Crippen LogP contribution in [0.3, 0.4) is 0 Å². The molecule has 1 aliphatic carbocycles. The zero-order valence-corrected chi connectivity index (χ0v) is 22.3. The predicted molar refractivity (Wildman–Crippen MR) is 146 cm³/mol. The SMILES string of the molecule is COc1ccc(C2C(C(=O)Nc3ccccc3OC)C(=O)CC(C)(O)C2C(=O)Nc2ccccc2OC)cc1. The lowest BCUT2D eigenvalue weighted by atomic mass is 9.61.